The molecule has 86 valence electrons. The van der Waals surface area contributed by atoms with E-state index in [1.54, 1.807) is 0 Å². The first-order valence-electron chi connectivity index (χ1n) is 5.76. The van der Waals surface area contributed by atoms with E-state index in [2.05, 4.69) is 6.92 Å². The summed E-state index contributed by atoms with van der Waals surface area (Å²) < 4.78 is 5.53. The monoisotopic (exact) mass is 211 g/mol. The molecule has 1 heterocycles. The molecule has 1 fully saturated rings. The number of hydrogen-bond acceptors (Lipinski definition) is 2. The summed E-state index contributed by atoms with van der Waals surface area (Å²) in [7, 11) is 0. The van der Waals surface area contributed by atoms with Gasteiger partial charge >= 0.3 is 0 Å². The molecule has 1 rings (SSSR count). The first-order chi connectivity index (χ1) is 7.19. The van der Waals surface area contributed by atoms with E-state index in [4.69, 9.17) is 4.74 Å². The average Bonchev–Trinajstić information content (AvgIpc) is 2.28. The van der Waals surface area contributed by atoms with E-state index in [9.17, 15) is 4.79 Å². The minimum absolute atomic E-state index is 0.165. The summed E-state index contributed by atoms with van der Waals surface area (Å²) in [5, 5.41) is 0. The van der Waals surface area contributed by atoms with Gasteiger partial charge in [-0.15, -0.1) is 0 Å². The topological polar surface area (TPSA) is 29.5 Å². The quantitative estimate of drug-likeness (QED) is 0.668. The number of nitrogens with zero attached hydrogens (tertiary/aromatic N) is 1. The van der Waals surface area contributed by atoms with Crippen molar-refractivity contribution in [1.29, 1.82) is 0 Å². The second-order valence-electron chi connectivity index (χ2n) is 3.95. The van der Waals surface area contributed by atoms with Crippen molar-refractivity contribution in [2.45, 2.75) is 39.7 Å². The lowest BCUT2D eigenvalue weighted by Crippen LogP contribution is -2.45. The van der Waals surface area contributed by atoms with Crippen LogP contribution >= 0.6 is 0 Å². The molecule has 0 unspecified atom stereocenters. The zero-order valence-electron chi connectivity index (χ0n) is 9.95. The Bertz CT molecular complexity index is 248. The number of hydrogen-bond donors (Lipinski definition) is 0. The van der Waals surface area contributed by atoms with Gasteiger partial charge in [-0.25, -0.2) is 0 Å². The van der Waals surface area contributed by atoms with Gasteiger partial charge in [0.25, 0.3) is 0 Å². The number of allylic oxidation sites excluding steroid dienone is 1. The van der Waals surface area contributed by atoms with Crippen molar-refractivity contribution < 1.29 is 9.53 Å². The summed E-state index contributed by atoms with van der Waals surface area (Å²) in [5.41, 5.74) is 0.856. The zero-order valence-corrected chi connectivity index (χ0v) is 9.95. The van der Waals surface area contributed by atoms with Crippen LogP contribution in [-0.2, 0) is 9.53 Å². The molecule has 1 atom stereocenters. The lowest BCUT2D eigenvalue weighted by atomic mass is 10.1. The van der Waals surface area contributed by atoms with Gasteiger partial charge in [-0.2, -0.15) is 0 Å². The molecular formula is C12H21NO2. The van der Waals surface area contributed by atoms with Gasteiger partial charge in [-0.3, -0.25) is 4.79 Å². The molecule has 0 N–H and O–H groups in total. The van der Waals surface area contributed by atoms with E-state index >= 15 is 0 Å². The number of morpholine rings is 1. The summed E-state index contributed by atoms with van der Waals surface area (Å²) >= 11 is 0. The molecule has 0 radical (unpaired) electrons. The average molecular weight is 211 g/mol. The highest BCUT2D eigenvalue weighted by Crippen LogP contribution is 2.11. The van der Waals surface area contributed by atoms with Crippen LogP contribution in [-0.4, -0.2) is 36.6 Å². The molecule has 1 saturated heterocycles. The Hall–Kier alpha value is -0.830. The third kappa shape index (κ3) is 3.34. The highest BCUT2D eigenvalue weighted by Gasteiger charge is 2.23. The third-order valence-corrected chi connectivity index (χ3v) is 2.73. The predicted molar refractivity (Wildman–Crippen MR) is 60.7 cm³/mol. The number of ether oxygens (including phenoxy) is 1. The van der Waals surface area contributed by atoms with Crippen LogP contribution in [0.3, 0.4) is 0 Å². The van der Waals surface area contributed by atoms with Crippen molar-refractivity contribution in [3.05, 3.63) is 11.6 Å². The highest BCUT2D eigenvalue weighted by atomic mass is 16.5. The first-order valence-corrected chi connectivity index (χ1v) is 5.76. The van der Waals surface area contributed by atoms with Crippen molar-refractivity contribution in [2.24, 2.45) is 0 Å². The maximum atomic E-state index is 12.0. The van der Waals surface area contributed by atoms with Crippen LogP contribution in [0, 0.1) is 0 Å². The Morgan fingerprint density at radius 1 is 1.53 bits per heavy atom. The minimum atomic E-state index is 0.165. The highest BCUT2D eigenvalue weighted by molar-refractivity contribution is 5.92. The summed E-state index contributed by atoms with van der Waals surface area (Å²) in [6, 6.07) is 0. The lowest BCUT2D eigenvalue weighted by molar-refractivity contribution is -0.134. The Labute approximate surface area is 92.1 Å². The van der Waals surface area contributed by atoms with Crippen molar-refractivity contribution in [3.63, 3.8) is 0 Å². The van der Waals surface area contributed by atoms with E-state index in [0.717, 1.165) is 31.5 Å². The Balaban J connectivity index is 2.56. The van der Waals surface area contributed by atoms with Crippen molar-refractivity contribution in [3.8, 4) is 0 Å². The van der Waals surface area contributed by atoms with Gasteiger partial charge in [-0.05, 0) is 19.8 Å². The standard InChI is InChI=1S/C12H21NO2/c1-4-6-10(3)12(14)13-7-8-15-11(5-2)9-13/h6,11H,4-5,7-9H2,1-3H3/b10-6+/t11-/m0/s1. The normalized spacial score (nSPS) is 23.0. The number of carbonyl (C=O) groups is 1. The van der Waals surface area contributed by atoms with Crippen molar-refractivity contribution >= 4 is 5.91 Å². The Morgan fingerprint density at radius 2 is 2.27 bits per heavy atom. The maximum absolute atomic E-state index is 12.0. The molecule has 0 spiro atoms. The number of carbonyl (C=O) groups excluding carboxylic acids is 1. The van der Waals surface area contributed by atoms with Gasteiger partial charge in [0.15, 0.2) is 0 Å². The van der Waals surface area contributed by atoms with Crippen molar-refractivity contribution in [1.82, 2.24) is 4.90 Å². The molecule has 0 aliphatic carbocycles. The summed E-state index contributed by atoms with van der Waals surface area (Å²) in [5.74, 6) is 0.165. The van der Waals surface area contributed by atoms with Crippen LogP contribution in [0.15, 0.2) is 11.6 Å². The Kier molecular flexibility index (Phi) is 4.82. The second-order valence-corrected chi connectivity index (χ2v) is 3.95. The fourth-order valence-corrected chi connectivity index (χ4v) is 1.79. The minimum Gasteiger partial charge on any atom is -0.375 e. The van der Waals surface area contributed by atoms with E-state index in [1.165, 1.54) is 0 Å². The van der Waals surface area contributed by atoms with Gasteiger partial charge in [0.05, 0.1) is 12.7 Å². The SMILES string of the molecule is CC/C=C(\C)C(=O)N1CCO[C@@H](CC)C1. The Morgan fingerprint density at radius 3 is 2.87 bits per heavy atom. The fraction of sp³-hybridized carbons (Fsp3) is 0.750. The van der Waals surface area contributed by atoms with E-state index in [1.807, 2.05) is 24.8 Å². The number of amides is 1. The second kappa shape index (κ2) is 5.91. The van der Waals surface area contributed by atoms with Crippen LogP contribution in [0.1, 0.15) is 33.6 Å². The smallest absolute Gasteiger partial charge is 0.249 e. The van der Waals surface area contributed by atoms with Crippen LogP contribution < -0.4 is 0 Å². The molecule has 3 heteroatoms. The van der Waals surface area contributed by atoms with Gasteiger partial charge in [-0.1, -0.05) is 19.9 Å². The third-order valence-electron chi connectivity index (χ3n) is 2.73. The van der Waals surface area contributed by atoms with Crippen LogP contribution in [0.4, 0.5) is 0 Å². The van der Waals surface area contributed by atoms with Crippen LogP contribution in [0.2, 0.25) is 0 Å². The van der Waals surface area contributed by atoms with Gasteiger partial charge in [0.2, 0.25) is 5.91 Å². The summed E-state index contributed by atoms with van der Waals surface area (Å²) in [6.07, 6.45) is 4.09. The molecule has 0 saturated carbocycles. The van der Waals surface area contributed by atoms with Crippen LogP contribution in [0.5, 0.6) is 0 Å². The molecule has 1 aliphatic rings. The van der Waals surface area contributed by atoms with Gasteiger partial charge in [0.1, 0.15) is 0 Å². The van der Waals surface area contributed by atoms with Gasteiger partial charge < -0.3 is 9.64 Å². The zero-order chi connectivity index (χ0) is 11.3. The molecule has 0 aromatic heterocycles. The fourth-order valence-electron chi connectivity index (χ4n) is 1.79. The molecule has 0 aromatic rings. The molecule has 15 heavy (non-hydrogen) atoms. The van der Waals surface area contributed by atoms with E-state index < -0.39 is 0 Å². The summed E-state index contributed by atoms with van der Waals surface area (Å²) in [6.45, 7) is 8.17. The molecule has 0 aromatic carbocycles. The predicted octanol–water partition coefficient (Wildman–Crippen LogP) is 1.98. The summed E-state index contributed by atoms with van der Waals surface area (Å²) in [4.78, 5) is 13.9. The maximum Gasteiger partial charge on any atom is 0.249 e. The molecular weight excluding hydrogens is 190 g/mol. The van der Waals surface area contributed by atoms with Crippen molar-refractivity contribution in [2.75, 3.05) is 19.7 Å². The molecule has 1 aliphatic heterocycles. The van der Waals surface area contributed by atoms with E-state index in [-0.39, 0.29) is 12.0 Å². The first kappa shape index (κ1) is 12.2. The molecule has 1 amide bonds. The van der Waals surface area contributed by atoms with E-state index in [0.29, 0.717) is 6.61 Å². The largest absolute Gasteiger partial charge is 0.375 e. The lowest BCUT2D eigenvalue weighted by Gasteiger charge is -2.32. The molecule has 3 nitrogen and oxygen atoms in total. The van der Waals surface area contributed by atoms with Gasteiger partial charge in [0, 0.05) is 18.7 Å². The van der Waals surface area contributed by atoms with Crippen LogP contribution in [0.25, 0.3) is 0 Å². The number of rotatable bonds is 3. The molecule has 0 bridgehead atoms.